The Morgan fingerprint density at radius 3 is 3.25 bits per heavy atom. The number of hydrogen-bond donors (Lipinski definition) is 1. The molecule has 1 aliphatic heterocycles. The van der Waals surface area contributed by atoms with Gasteiger partial charge in [0.25, 0.3) is 0 Å². The Bertz CT molecular complexity index is 230. The topological polar surface area (TPSA) is 31.9 Å². The molecular weight excluding hydrogens is 150 g/mol. The zero-order valence-corrected chi connectivity index (χ0v) is 7.45. The van der Waals surface area contributed by atoms with Gasteiger partial charge in [-0.15, -0.1) is 0 Å². The summed E-state index contributed by atoms with van der Waals surface area (Å²) in [5, 5.41) is 6.77. The van der Waals surface area contributed by atoms with Crippen molar-refractivity contribution in [3.63, 3.8) is 0 Å². The second-order valence-electron chi connectivity index (χ2n) is 3.74. The monoisotopic (exact) mass is 165 g/mol. The zero-order chi connectivity index (χ0) is 8.39. The molecule has 3 nitrogen and oxygen atoms in total. The first-order valence-corrected chi connectivity index (χ1v) is 4.54. The molecule has 1 aliphatic rings. The number of rotatable bonds is 2. The van der Waals surface area contributed by atoms with E-state index < -0.39 is 0 Å². The van der Waals surface area contributed by atoms with Crippen molar-refractivity contribution in [2.45, 2.75) is 19.9 Å². The molecule has 1 atom stereocenters. The lowest BCUT2D eigenvalue weighted by molar-refractivity contribution is 0.320. The third-order valence-corrected chi connectivity index (χ3v) is 2.47. The molecule has 66 valence electrons. The summed E-state index contributed by atoms with van der Waals surface area (Å²) in [5.74, 6) is 0.872. The maximum Gasteiger partial charge on any atom is 0.0532 e. The largest absolute Gasteiger partial charge is 0.299 e. The number of likely N-dealkylation sites (tertiary alicyclic amines) is 1. The molecule has 2 heterocycles. The lowest BCUT2D eigenvalue weighted by atomic mass is 10.2. The van der Waals surface area contributed by atoms with Crippen LogP contribution in [0.15, 0.2) is 12.4 Å². The highest BCUT2D eigenvalue weighted by molar-refractivity contribution is 5.02. The predicted molar refractivity (Wildman–Crippen MR) is 47.6 cm³/mol. The molecule has 1 unspecified atom stereocenters. The van der Waals surface area contributed by atoms with Crippen molar-refractivity contribution in [1.29, 1.82) is 0 Å². The van der Waals surface area contributed by atoms with Crippen LogP contribution < -0.4 is 0 Å². The minimum atomic E-state index is 0.872. The molecule has 0 spiro atoms. The van der Waals surface area contributed by atoms with Crippen molar-refractivity contribution in [3.05, 3.63) is 18.0 Å². The minimum absolute atomic E-state index is 0.872. The first-order valence-electron chi connectivity index (χ1n) is 4.54. The van der Waals surface area contributed by atoms with Crippen molar-refractivity contribution in [1.82, 2.24) is 15.1 Å². The van der Waals surface area contributed by atoms with Crippen LogP contribution in [0.3, 0.4) is 0 Å². The van der Waals surface area contributed by atoms with Crippen molar-refractivity contribution in [3.8, 4) is 0 Å². The molecule has 0 aromatic carbocycles. The first kappa shape index (κ1) is 7.80. The van der Waals surface area contributed by atoms with Gasteiger partial charge < -0.3 is 0 Å². The van der Waals surface area contributed by atoms with Gasteiger partial charge in [0.15, 0.2) is 0 Å². The van der Waals surface area contributed by atoms with Gasteiger partial charge in [0.05, 0.1) is 6.20 Å². The van der Waals surface area contributed by atoms with E-state index >= 15 is 0 Å². The van der Waals surface area contributed by atoms with Gasteiger partial charge in [0.1, 0.15) is 0 Å². The normalized spacial score (nSPS) is 24.9. The Balaban J connectivity index is 1.88. The van der Waals surface area contributed by atoms with E-state index in [2.05, 4.69) is 22.0 Å². The third kappa shape index (κ3) is 1.67. The van der Waals surface area contributed by atoms with Gasteiger partial charge in [-0.25, -0.2) is 0 Å². The van der Waals surface area contributed by atoms with Crippen LogP contribution in [-0.2, 0) is 6.54 Å². The Morgan fingerprint density at radius 2 is 2.67 bits per heavy atom. The van der Waals surface area contributed by atoms with Crippen LogP contribution in [0.2, 0.25) is 0 Å². The fourth-order valence-electron chi connectivity index (χ4n) is 1.79. The van der Waals surface area contributed by atoms with Gasteiger partial charge in [-0.2, -0.15) is 5.10 Å². The number of aromatic nitrogens is 2. The fraction of sp³-hybridized carbons (Fsp3) is 0.667. The Morgan fingerprint density at radius 1 is 1.75 bits per heavy atom. The molecule has 1 saturated heterocycles. The molecule has 0 aliphatic carbocycles. The highest BCUT2D eigenvalue weighted by atomic mass is 15.2. The van der Waals surface area contributed by atoms with Crippen molar-refractivity contribution in [2.75, 3.05) is 13.1 Å². The molecule has 1 N–H and O–H groups in total. The second kappa shape index (κ2) is 3.27. The minimum Gasteiger partial charge on any atom is -0.299 e. The van der Waals surface area contributed by atoms with E-state index in [-0.39, 0.29) is 0 Å². The summed E-state index contributed by atoms with van der Waals surface area (Å²) < 4.78 is 0. The summed E-state index contributed by atoms with van der Waals surface area (Å²) in [5.41, 5.74) is 1.30. The summed E-state index contributed by atoms with van der Waals surface area (Å²) in [7, 11) is 0. The molecule has 0 radical (unpaired) electrons. The number of nitrogens with zero attached hydrogens (tertiary/aromatic N) is 2. The molecule has 1 aromatic rings. The SMILES string of the molecule is CC1CCN(Cc2cn[nH]c2)C1. The van der Waals surface area contributed by atoms with E-state index in [0.29, 0.717) is 0 Å². The predicted octanol–water partition coefficient (Wildman–Crippen LogP) is 1.25. The molecule has 1 aromatic heterocycles. The van der Waals surface area contributed by atoms with E-state index in [1.165, 1.54) is 25.1 Å². The van der Waals surface area contributed by atoms with Gasteiger partial charge >= 0.3 is 0 Å². The van der Waals surface area contributed by atoms with Crippen LogP contribution >= 0.6 is 0 Å². The summed E-state index contributed by atoms with van der Waals surface area (Å²) >= 11 is 0. The van der Waals surface area contributed by atoms with Gasteiger partial charge in [-0.1, -0.05) is 6.92 Å². The van der Waals surface area contributed by atoms with E-state index in [0.717, 1.165) is 12.5 Å². The highest BCUT2D eigenvalue weighted by Gasteiger charge is 2.18. The van der Waals surface area contributed by atoms with Crippen LogP contribution in [0, 0.1) is 5.92 Å². The van der Waals surface area contributed by atoms with Gasteiger partial charge in [0, 0.05) is 24.8 Å². The summed E-state index contributed by atoms with van der Waals surface area (Å²) in [6.45, 7) is 5.85. The highest BCUT2D eigenvalue weighted by Crippen LogP contribution is 2.16. The standard InChI is InChI=1S/C9H15N3/c1-8-2-3-12(6-8)7-9-4-10-11-5-9/h4-5,8H,2-3,6-7H2,1H3,(H,10,11). The third-order valence-electron chi connectivity index (χ3n) is 2.47. The smallest absolute Gasteiger partial charge is 0.0532 e. The van der Waals surface area contributed by atoms with Crippen LogP contribution in [-0.4, -0.2) is 28.2 Å². The van der Waals surface area contributed by atoms with E-state index in [1.54, 1.807) is 0 Å². The fourth-order valence-corrected chi connectivity index (χ4v) is 1.79. The van der Waals surface area contributed by atoms with Gasteiger partial charge in [-0.3, -0.25) is 10.00 Å². The quantitative estimate of drug-likeness (QED) is 0.715. The molecule has 0 saturated carbocycles. The number of H-pyrrole nitrogens is 1. The molecule has 2 rings (SSSR count). The van der Waals surface area contributed by atoms with E-state index in [4.69, 9.17) is 0 Å². The zero-order valence-electron chi connectivity index (χ0n) is 7.45. The van der Waals surface area contributed by atoms with Gasteiger partial charge in [-0.05, 0) is 18.9 Å². The molecule has 3 heteroatoms. The van der Waals surface area contributed by atoms with Crippen molar-refractivity contribution < 1.29 is 0 Å². The Hall–Kier alpha value is -0.830. The molecule has 1 fully saturated rings. The van der Waals surface area contributed by atoms with Gasteiger partial charge in [0.2, 0.25) is 0 Å². The average Bonchev–Trinajstić information content (AvgIpc) is 2.63. The average molecular weight is 165 g/mol. The number of aromatic amines is 1. The molecule has 0 amide bonds. The molecular formula is C9H15N3. The molecule has 12 heavy (non-hydrogen) atoms. The lowest BCUT2D eigenvalue weighted by Gasteiger charge is -2.12. The van der Waals surface area contributed by atoms with Crippen LogP contribution in [0.4, 0.5) is 0 Å². The first-order chi connectivity index (χ1) is 5.84. The Kier molecular flexibility index (Phi) is 2.13. The number of hydrogen-bond acceptors (Lipinski definition) is 2. The maximum absolute atomic E-state index is 3.93. The van der Waals surface area contributed by atoms with E-state index in [1.807, 2.05) is 12.4 Å². The van der Waals surface area contributed by atoms with Crippen LogP contribution in [0.1, 0.15) is 18.9 Å². The van der Waals surface area contributed by atoms with Crippen molar-refractivity contribution in [2.24, 2.45) is 5.92 Å². The van der Waals surface area contributed by atoms with E-state index in [9.17, 15) is 0 Å². The second-order valence-corrected chi connectivity index (χ2v) is 3.74. The van der Waals surface area contributed by atoms with Crippen LogP contribution in [0.25, 0.3) is 0 Å². The van der Waals surface area contributed by atoms with Crippen molar-refractivity contribution >= 4 is 0 Å². The lowest BCUT2D eigenvalue weighted by Crippen LogP contribution is -2.19. The number of nitrogens with one attached hydrogen (secondary N) is 1. The molecule has 0 bridgehead atoms. The Labute approximate surface area is 72.8 Å². The maximum atomic E-state index is 3.93. The van der Waals surface area contributed by atoms with Crippen LogP contribution in [0.5, 0.6) is 0 Å². The summed E-state index contributed by atoms with van der Waals surface area (Å²) in [4.78, 5) is 2.48. The summed E-state index contributed by atoms with van der Waals surface area (Å²) in [6.07, 6.45) is 5.23. The summed E-state index contributed by atoms with van der Waals surface area (Å²) in [6, 6.07) is 0.